The second-order valence-corrected chi connectivity index (χ2v) is 4.76. The van der Waals surface area contributed by atoms with E-state index in [0.29, 0.717) is 11.9 Å². The summed E-state index contributed by atoms with van der Waals surface area (Å²) in [5.74, 6) is 0.357. The molecule has 1 rings (SSSR count). The van der Waals surface area contributed by atoms with Crippen molar-refractivity contribution in [3.63, 3.8) is 0 Å². The molecule has 0 spiro atoms. The molecule has 0 heterocycles. The van der Waals surface area contributed by atoms with Gasteiger partial charge in [0.15, 0.2) is 0 Å². The van der Waals surface area contributed by atoms with Crippen molar-refractivity contribution in [3.05, 3.63) is 0 Å². The lowest BCUT2D eigenvalue weighted by molar-refractivity contribution is -0.135. The molecule has 1 saturated carbocycles. The Balaban J connectivity index is 2.35. The third-order valence-corrected chi connectivity index (χ3v) is 3.26. The molecule has 0 radical (unpaired) electrons. The second kappa shape index (κ2) is 6.44. The summed E-state index contributed by atoms with van der Waals surface area (Å²) in [6, 6.07) is 0.553. The van der Waals surface area contributed by atoms with Crippen LogP contribution in [0.1, 0.15) is 45.4 Å². The van der Waals surface area contributed by atoms with E-state index in [0.717, 1.165) is 31.1 Å². The molecule has 0 atom stereocenters. The maximum absolute atomic E-state index is 11.8. The molecular formula is C11H20BrNO. The van der Waals surface area contributed by atoms with Crippen molar-refractivity contribution in [2.75, 3.05) is 11.9 Å². The average Bonchev–Trinajstić information content (AvgIpc) is 2.10. The lowest BCUT2D eigenvalue weighted by Crippen LogP contribution is -2.45. The Morgan fingerprint density at radius 3 is 2.64 bits per heavy atom. The molecule has 82 valence electrons. The van der Waals surface area contributed by atoms with Crippen molar-refractivity contribution >= 4 is 21.8 Å². The Hall–Kier alpha value is -0.0500. The Labute approximate surface area is 95.2 Å². The molecule has 1 aliphatic rings. The molecular weight excluding hydrogens is 242 g/mol. The first kappa shape index (κ1) is 12.0. The first-order chi connectivity index (χ1) is 6.79. The summed E-state index contributed by atoms with van der Waals surface area (Å²) in [6.07, 6.45) is 6.60. The summed E-state index contributed by atoms with van der Waals surface area (Å²) in [5.41, 5.74) is 0. The standard InChI is InChI=1S/C11H20BrNO/c1-2-3-7-11(14)13(9-8-12)10-5-4-6-10/h10H,2-9H2,1H3. The molecule has 14 heavy (non-hydrogen) atoms. The molecule has 0 bridgehead atoms. The average molecular weight is 262 g/mol. The van der Waals surface area contributed by atoms with Gasteiger partial charge >= 0.3 is 0 Å². The number of hydrogen-bond acceptors (Lipinski definition) is 1. The van der Waals surface area contributed by atoms with Gasteiger partial charge in [-0.25, -0.2) is 0 Å². The zero-order valence-corrected chi connectivity index (χ0v) is 10.6. The van der Waals surface area contributed by atoms with Crippen LogP contribution in [0.2, 0.25) is 0 Å². The summed E-state index contributed by atoms with van der Waals surface area (Å²) in [4.78, 5) is 13.9. The summed E-state index contributed by atoms with van der Waals surface area (Å²) in [6.45, 7) is 3.01. The van der Waals surface area contributed by atoms with Gasteiger partial charge in [0, 0.05) is 24.3 Å². The SMILES string of the molecule is CCCCC(=O)N(CCBr)C1CCC1. The fourth-order valence-electron chi connectivity index (χ4n) is 1.77. The number of hydrogen-bond donors (Lipinski definition) is 0. The highest BCUT2D eigenvalue weighted by molar-refractivity contribution is 9.09. The molecule has 1 amide bonds. The Kier molecular flexibility index (Phi) is 5.53. The topological polar surface area (TPSA) is 20.3 Å². The number of unbranched alkanes of at least 4 members (excludes halogenated alkanes) is 1. The van der Waals surface area contributed by atoms with Crippen molar-refractivity contribution in [2.45, 2.75) is 51.5 Å². The number of carbonyl (C=O) groups excluding carboxylic acids is 1. The molecule has 0 N–H and O–H groups in total. The van der Waals surface area contributed by atoms with Crippen LogP contribution in [-0.4, -0.2) is 28.7 Å². The van der Waals surface area contributed by atoms with E-state index in [9.17, 15) is 4.79 Å². The molecule has 3 heteroatoms. The third-order valence-electron chi connectivity index (χ3n) is 2.91. The minimum atomic E-state index is 0.357. The van der Waals surface area contributed by atoms with Gasteiger partial charge in [-0.3, -0.25) is 4.79 Å². The second-order valence-electron chi connectivity index (χ2n) is 3.96. The number of carbonyl (C=O) groups is 1. The Morgan fingerprint density at radius 2 is 2.21 bits per heavy atom. The van der Waals surface area contributed by atoms with Gasteiger partial charge in [-0.15, -0.1) is 0 Å². The van der Waals surface area contributed by atoms with Crippen LogP contribution in [-0.2, 0) is 4.79 Å². The van der Waals surface area contributed by atoms with Crippen LogP contribution in [0.15, 0.2) is 0 Å². The largest absolute Gasteiger partial charge is 0.339 e. The first-order valence-electron chi connectivity index (χ1n) is 5.65. The van der Waals surface area contributed by atoms with E-state index in [1.54, 1.807) is 0 Å². The van der Waals surface area contributed by atoms with Gasteiger partial charge in [0.1, 0.15) is 0 Å². The summed E-state index contributed by atoms with van der Waals surface area (Å²) < 4.78 is 0. The van der Waals surface area contributed by atoms with E-state index >= 15 is 0 Å². The van der Waals surface area contributed by atoms with E-state index in [2.05, 4.69) is 27.8 Å². The van der Waals surface area contributed by atoms with Crippen molar-refractivity contribution in [2.24, 2.45) is 0 Å². The highest BCUT2D eigenvalue weighted by Gasteiger charge is 2.27. The zero-order chi connectivity index (χ0) is 10.4. The predicted octanol–water partition coefficient (Wildman–Crippen LogP) is 2.95. The van der Waals surface area contributed by atoms with Crippen LogP contribution in [0, 0.1) is 0 Å². The number of rotatable bonds is 6. The van der Waals surface area contributed by atoms with Gasteiger partial charge in [0.25, 0.3) is 0 Å². The minimum absolute atomic E-state index is 0.357. The van der Waals surface area contributed by atoms with E-state index < -0.39 is 0 Å². The van der Waals surface area contributed by atoms with Crippen LogP contribution in [0.5, 0.6) is 0 Å². The molecule has 2 nitrogen and oxygen atoms in total. The maximum atomic E-state index is 11.8. The van der Waals surface area contributed by atoms with Crippen LogP contribution in [0.4, 0.5) is 0 Å². The van der Waals surface area contributed by atoms with E-state index in [1.165, 1.54) is 19.3 Å². The monoisotopic (exact) mass is 261 g/mol. The Bertz CT molecular complexity index is 180. The normalized spacial score (nSPS) is 16.4. The van der Waals surface area contributed by atoms with Crippen molar-refractivity contribution in [3.8, 4) is 0 Å². The molecule has 0 aromatic heterocycles. The smallest absolute Gasteiger partial charge is 0.222 e. The van der Waals surface area contributed by atoms with Crippen molar-refractivity contribution in [1.29, 1.82) is 0 Å². The lowest BCUT2D eigenvalue weighted by atomic mass is 9.91. The summed E-state index contributed by atoms with van der Waals surface area (Å²) >= 11 is 3.41. The lowest BCUT2D eigenvalue weighted by Gasteiger charge is -2.37. The van der Waals surface area contributed by atoms with Gasteiger partial charge < -0.3 is 4.90 Å². The third kappa shape index (κ3) is 3.26. The molecule has 0 aromatic rings. The number of amides is 1. The molecule has 0 saturated heterocycles. The number of alkyl halides is 1. The predicted molar refractivity (Wildman–Crippen MR) is 62.7 cm³/mol. The van der Waals surface area contributed by atoms with Gasteiger partial charge in [0.2, 0.25) is 5.91 Å². The first-order valence-corrected chi connectivity index (χ1v) is 6.77. The number of halogens is 1. The highest BCUT2D eigenvalue weighted by atomic mass is 79.9. The van der Waals surface area contributed by atoms with E-state index in [1.807, 2.05) is 0 Å². The molecule has 1 aliphatic carbocycles. The number of nitrogens with zero attached hydrogens (tertiary/aromatic N) is 1. The van der Waals surface area contributed by atoms with Gasteiger partial charge in [-0.05, 0) is 25.7 Å². The molecule has 0 unspecified atom stereocenters. The van der Waals surface area contributed by atoms with E-state index in [-0.39, 0.29) is 0 Å². The Morgan fingerprint density at radius 1 is 1.50 bits per heavy atom. The van der Waals surface area contributed by atoms with Gasteiger partial charge in [-0.2, -0.15) is 0 Å². The van der Waals surface area contributed by atoms with Crippen LogP contribution >= 0.6 is 15.9 Å². The quantitative estimate of drug-likeness (QED) is 0.674. The molecule has 1 fully saturated rings. The fraction of sp³-hybridized carbons (Fsp3) is 0.909. The van der Waals surface area contributed by atoms with Crippen LogP contribution in [0.25, 0.3) is 0 Å². The molecule has 0 aliphatic heterocycles. The highest BCUT2D eigenvalue weighted by Crippen LogP contribution is 2.25. The van der Waals surface area contributed by atoms with Crippen LogP contribution in [0.3, 0.4) is 0 Å². The zero-order valence-electron chi connectivity index (χ0n) is 8.97. The van der Waals surface area contributed by atoms with E-state index in [4.69, 9.17) is 0 Å². The summed E-state index contributed by atoms with van der Waals surface area (Å²) in [7, 11) is 0. The summed E-state index contributed by atoms with van der Waals surface area (Å²) in [5, 5.41) is 0.904. The maximum Gasteiger partial charge on any atom is 0.222 e. The van der Waals surface area contributed by atoms with Gasteiger partial charge in [0.05, 0.1) is 0 Å². The van der Waals surface area contributed by atoms with Crippen molar-refractivity contribution in [1.82, 2.24) is 4.90 Å². The van der Waals surface area contributed by atoms with Crippen molar-refractivity contribution < 1.29 is 4.79 Å². The molecule has 0 aromatic carbocycles. The fourth-order valence-corrected chi connectivity index (χ4v) is 2.15. The minimum Gasteiger partial charge on any atom is -0.339 e. The van der Waals surface area contributed by atoms with Gasteiger partial charge in [-0.1, -0.05) is 29.3 Å². The van der Waals surface area contributed by atoms with Crippen LogP contribution < -0.4 is 0 Å².